The number of carbonyl (C=O) groups excluding carboxylic acids is 1. The number of allylic oxidation sites excluding steroid dienone is 2. The topological polar surface area (TPSA) is 192 Å². The zero-order valence-corrected chi connectivity index (χ0v) is 28.3. The Labute approximate surface area is 269 Å². The average Bonchev–Trinajstić information content (AvgIpc) is 3.01. The number of aliphatic hydroxyl groups is 5. The van der Waals surface area contributed by atoms with E-state index in [0.29, 0.717) is 13.0 Å². The van der Waals surface area contributed by atoms with Gasteiger partial charge in [0, 0.05) is 13.0 Å². The number of hydrogen-bond acceptors (Lipinski definition) is 11. The van der Waals surface area contributed by atoms with Gasteiger partial charge in [0.1, 0.15) is 42.7 Å². The molecule has 0 spiro atoms. The van der Waals surface area contributed by atoms with Crippen molar-refractivity contribution >= 4 is 13.8 Å². The molecule has 0 radical (unpaired) electrons. The van der Waals surface area contributed by atoms with E-state index in [1.165, 1.54) is 32.1 Å². The van der Waals surface area contributed by atoms with Gasteiger partial charge in [-0.05, 0) is 32.1 Å². The maximum Gasteiger partial charge on any atom is 0.472 e. The third kappa shape index (κ3) is 18.9. The first-order chi connectivity index (χ1) is 21.5. The van der Waals surface area contributed by atoms with Gasteiger partial charge in [-0.15, -0.1) is 0 Å². The first-order valence-electron chi connectivity index (χ1n) is 17.0. The maximum absolute atomic E-state index is 12.6. The van der Waals surface area contributed by atoms with Gasteiger partial charge in [-0.3, -0.25) is 13.8 Å². The Hall–Kier alpha value is -0.920. The lowest BCUT2D eigenvalue weighted by atomic mass is 9.85. The van der Waals surface area contributed by atoms with Crippen LogP contribution in [-0.2, 0) is 27.9 Å². The second kappa shape index (κ2) is 25.1. The number of esters is 1. The molecule has 0 aliphatic heterocycles. The van der Waals surface area contributed by atoms with Crippen LogP contribution in [-0.4, -0.2) is 98.9 Å². The Bertz CT molecular complexity index is 812. The highest BCUT2D eigenvalue weighted by Gasteiger charge is 2.51. The number of carbonyl (C=O) groups is 1. The van der Waals surface area contributed by atoms with Crippen molar-refractivity contribution in [2.75, 3.05) is 19.8 Å². The van der Waals surface area contributed by atoms with Gasteiger partial charge in [0.2, 0.25) is 0 Å². The fourth-order valence-corrected chi connectivity index (χ4v) is 6.03. The van der Waals surface area contributed by atoms with Gasteiger partial charge in [-0.25, -0.2) is 4.57 Å². The summed E-state index contributed by atoms with van der Waals surface area (Å²) in [6, 6.07) is 0. The van der Waals surface area contributed by atoms with Crippen LogP contribution in [0.4, 0.5) is 0 Å². The van der Waals surface area contributed by atoms with Crippen LogP contribution in [0.1, 0.15) is 123 Å². The van der Waals surface area contributed by atoms with E-state index < -0.39 is 63.1 Å². The largest absolute Gasteiger partial charge is 0.472 e. The number of ether oxygens (including phenoxy) is 2. The fraction of sp³-hybridized carbons (Fsp3) is 0.906. The number of phosphoric ester groups is 1. The minimum Gasteiger partial charge on any atom is -0.457 e. The van der Waals surface area contributed by atoms with Crippen molar-refractivity contribution in [2.45, 2.75) is 166 Å². The third-order valence-corrected chi connectivity index (χ3v) is 8.85. The molecule has 1 aliphatic rings. The number of unbranched alkanes of at least 4 members (excludes halogenated alkanes) is 13. The van der Waals surface area contributed by atoms with Crippen LogP contribution in [0.25, 0.3) is 0 Å². The lowest BCUT2D eigenvalue weighted by molar-refractivity contribution is -0.220. The van der Waals surface area contributed by atoms with Crippen molar-refractivity contribution in [3.63, 3.8) is 0 Å². The molecule has 0 bridgehead atoms. The summed E-state index contributed by atoms with van der Waals surface area (Å²) in [6.45, 7) is 4.10. The first-order valence-corrected chi connectivity index (χ1v) is 18.5. The molecule has 0 amide bonds. The zero-order valence-electron chi connectivity index (χ0n) is 27.4. The van der Waals surface area contributed by atoms with E-state index in [4.69, 9.17) is 18.5 Å². The van der Waals surface area contributed by atoms with Crippen LogP contribution < -0.4 is 0 Å². The van der Waals surface area contributed by atoms with E-state index in [2.05, 4.69) is 26.0 Å². The van der Waals surface area contributed by atoms with Crippen LogP contribution in [0, 0.1) is 0 Å². The lowest BCUT2D eigenvalue weighted by Gasteiger charge is -2.41. The molecule has 1 fully saturated rings. The van der Waals surface area contributed by atoms with Crippen LogP contribution in [0.15, 0.2) is 12.2 Å². The Kier molecular flexibility index (Phi) is 23.5. The SMILES string of the molecule is CCC/C=C\CCCCCCCC(=O)OC(COCCCCCCCCCC)COP(=O)(O)OC1C(O)C(O)C(O)C(O)C1O. The molecule has 6 atom stereocenters. The van der Waals surface area contributed by atoms with E-state index in [0.717, 1.165) is 64.2 Å². The van der Waals surface area contributed by atoms with Crippen LogP contribution in [0.2, 0.25) is 0 Å². The molecular weight excluding hydrogens is 607 g/mol. The molecule has 0 aromatic rings. The summed E-state index contributed by atoms with van der Waals surface area (Å²) >= 11 is 0. The second-order valence-electron chi connectivity index (χ2n) is 12.0. The minimum atomic E-state index is -4.99. The smallest absolute Gasteiger partial charge is 0.457 e. The first kappa shape index (κ1) is 42.1. The van der Waals surface area contributed by atoms with E-state index in [1.54, 1.807) is 0 Å². The molecule has 45 heavy (non-hydrogen) atoms. The van der Waals surface area contributed by atoms with Gasteiger partial charge in [-0.1, -0.05) is 96.6 Å². The summed E-state index contributed by atoms with van der Waals surface area (Å²) in [5.41, 5.74) is 0. The highest BCUT2D eigenvalue weighted by molar-refractivity contribution is 7.47. The summed E-state index contributed by atoms with van der Waals surface area (Å²) in [5, 5.41) is 49.7. The lowest BCUT2D eigenvalue weighted by Crippen LogP contribution is -2.64. The molecular formula is C32H61O12P. The van der Waals surface area contributed by atoms with Crippen molar-refractivity contribution in [2.24, 2.45) is 0 Å². The minimum absolute atomic E-state index is 0.0773. The van der Waals surface area contributed by atoms with Crippen LogP contribution in [0.3, 0.4) is 0 Å². The van der Waals surface area contributed by atoms with E-state index in [-0.39, 0.29) is 13.0 Å². The molecule has 12 nitrogen and oxygen atoms in total. The van der Waals surface area contributed by atoms with Gasteiger partial charge < -0.3 is 39.9 Å². The standard InChI is InChI=1S/C32H61O12P/c1-3-5-7-9-11-13-14-15-17-19-21-26(33)43-25(23-41-22-20-18-16-12-10-8-6-4-2)24-42-45(39,40)44-32-30(37)28(35)27(34)29(36)31(32)38/h7,9,25,27-32,34-38H,3-6,8,10-24H2,1-2H3,(H,39,40)/b9-7-. The predicted octanol–water partition coefficient (Wildman–Crippen LogP) is 4.46. The number of hydrogen-bond donors (Lipinski definition) is 6. The van der Waals surface area contributed by atoms with Gasteiger partial charge in [-0.2, -0.15) is 0 Å². The number of phosphoric acid groups is 1. The monoisotopic (exact) mass is 668 g/mol. The molecule has 266 valence electrons. The fourth-order valence-electron chi connectivity index (χ4n) is 5.06. The van der Waals surface area contributed by atoms with Gasteiger partial charge in [0.25, 0.3) is 0 Å². The summed E-state index contributed by atoms with van der Waals surface area (Å²) in [6.07, 6.45) is 8.98. The second-order valence-corrected chi connectivity index (χ2v) is 13.4. The van der Waals surface area contributed by atoms with Gasteiger partial charge in [0.05, 0.1) is 13.2 Å². The van der Waals surface area contributed by atoms with E-state index >= 15 is 0 Å². The summed E-state index contributed by atoms with van der Waals surface area (Å²) in [4.78, 5) is 22.8. The molecule has 0 heterocycles. The quantitative estimate of drug-likeness (QED) is 0.0312. The molecule has 1 saturated carbocycles. The third-order valence-electron chi connectivity index (χ3n) is 7.87. The van der Waals surface area contributed by atoms with E-state index in [1.807, 2.05) is 0 Å². The molecule has 13 heteroatoms. The number of rotatable bonds is 27. The Morgan fingerprint density at radius 3 is 1.84 bits per heavy atom. The molecule has 0 aromatic carbocycles. The molecule has 6 unspecified atom stereocenters. The summed E-state index contributed by atoms with van der Waals surface area (Å²) in [5.74, 6) is -0.492. The normalized spacial score (nSPS) is 25.8. The van der Waals surface area contributed by atoms with E-state index in [9.17, 15) is 39.8 Å². The van der Waals surface area contributed by atoms with Crippen molar-refractivity contribution < 1.29 is 58.3 Å². The molecule has 1 aliphatic carbocycles. The predicted molar refractivity (Wildman–Crippen MR) is 170 cm³/mol. The molecule has 0 saturated heterocycles. The Morgan fingerprint density at radius 2 is 1.22 bits per heavy atom. The Balaban J connectivity index is 2.55. The maximum atomic E-state index is 12.6. The molecule has 1 rings (SSSR count). The Morgan fingerprint density at radius 1 is 0.689 bits per heavy atom. The highest BCUT2D eigenvalue weighted by Crippen LogP contribution is 2.47. The van der Waals surface area contributed by atoms with Crippen LogP contribution >= 0.6 is 7.82 Å². The van der Waals surface area contributed by atoms with Crippen LogP contribution in [0.5, 0.6) is 0 Å². The van der Waals surface area contributed by atoms with Gasteiger partial charge >= 0.3 is 13.8 Å². The zero-order chi connectivity index (χ0) is 33.5. The van der Waals surface area contributed by atoms with Crippen molar-refractivity contribution in [1.82, 2.24) is 0 Å². The number of aliphatic hydroxyl groups excluding tert-OH is 5. The average molecular weight is 669 g/mol. The molecule has 6 N–H and O–H groups in total. The molecule has 0 aromatic heterocycles. The van der Waals surface area contributed by atoms with Crippen molar-refractivity contribution in [3.05, 3.63) is 12.2 Å². The summed E-state index contributed by atoms with van der Waals surface area (Å²) < 4.78 is 33.7. The highest BCUT2D eigenvalue weighted by atomic mass is 31.2. The van der Waals surface area contributed by atoms with Crippen molar-refractivity contribution in [3.8, 4) is 0 Å². The summed E-state index contributed by atoms with van der Waals surface area (Å²) in [7, 11) is -4.99. The van der Waals surface area contributed by atoms with Gasteiger partial charge in [0.15, 0.2) is 0 Å². The van der Waals surface area contributed by atoms with Crippen molar-refractivity contribution in [1.29, 1.82) is 0 Å².